The van der Waals surface area contributed by atoms with Gasteiger partial charge >= 0.3 is 0 Å². The number of rotatable bonds is 6. The van der Waals surface area contributed by atoms with Gasteiger partial charge in [-0.15, -0.1) is 0 Å². The Bertz CT molecular complexity index is 1010. The zero-order chi connectivity index (χ0) is 19.2. The molecule has 0 saturated heterocycles. The maximum absolute atomic E-state index is 5.73. The standard InChI is InChI=1S/C25H23N3/c26-22-12-6-19(7-13-22)18-27-23-14-8-20(9-15-23)21-10-16-25(17-11-21)28-24-4-2-1-3-5-24/h1-17,27-28H,18,26H2. The third-order valence-electron chi connectivity index (χ3n) is 4.64. The second kappa shape index (κ2) is 8.31. The van der Waals surface area contributed by atoms with Gasteiger partial charge in [0.25, 0.3) is 0 Å². The van der Waals surface area contributed by atoms with Crippen molar-refractivity contribution in [1.82, 2.24) is 0 Å². The zero-order valence-electron chi connectivity index (χ0n) is 15.6. The average Bonchev–Trinajstić information content (AvgIpc) is 2.75. The van der Waals surface area contributed by atoms with Crippen LogP contribution in [0.5, 0.6) is 0 Å². The van der Waals surface area contributed by atoms with E-state index in [0.29, 0.717) is 0 Å². The molecule has 0 saturated carbocycles. The molecule has 4 rings (SSSR count). The monoisotopic (exact) mass is 365 g/mol. The molecule has 138 valence electrons. The minimum Gasteiger partial charge on any atom is -0.399 e. The van der Waals surface area contributed by atoms with E-state index in [1.807, 2.05) is 42.5 Å². The van der Waals surface area contributed by atoms with Gasteiger partial charge in [-0.3, -0.25) is 0 Å². The van der Waals surface area contributed by atoms with Crippen LogP contribution in [0.25, 0.3) is 11.1 Å². The molecule has 0 radical (unpaired) electrons. The summed E-state index contributed by atoms with van der Waals surface area (Å²) in [5.74, 6) is 0. The molecule has 4 aromatic carbocycles. The van der Waals surface area contributed by atoms with Gasteiger partial charge in [-0.25, -0.2) is 0 Å². The van der Waals surface area contributed by atoms with Crippen LogP contribution in [0.4, 0.5) is 22.7 Å². The smallest absolute Gasteiger partial charge is 0.0400 e. The third-order valence-corrected chi connectivity index (χ3v) is 4.64. The van der Waals surface area contributed by atoms with E-state index in [1.165, 1.54) is 16.7 Å². The summed E-state index contributed by atoms with van der Waals surface area (Å²) in [5, 5.41) is 6.85. The van der Waals surface area contributed by atoms with Crippen LogP contribution < -0.4 is 16.4 Å². The fraction of sp³-hybridized carbons (Fsp3) is 0.0400. The van der Waals surface area contributed by atoms with Gasteiger partial charge in [0.1, 0.15) is 0 Å². The van der Waals surface area contributed by atoms with Crippen molar-refractivity contribution < 1.29 is 0 Å². The molecule has 0 aliphatic heterocycles. The first-order chi connectivity index (χ1) is 13.8. The zero-order valence-corrected chi connectivity index (χ0v) is 15.6. The first-order valence-electron chi connectivity index (χ1n) is 9.37. The highest BCUT2D eigenvalue weighted by Crippen LogP contribution is 2.25. The molecule has 0 spiro atoms. The van der Waals surface area contributed by atoms with Gasteiger partial charge in [-0.2, -0.15) is 0 Å². The van der Waals surface area contributed by atoms with Gasteiger partial charge in [-0.05, 0) is 65.2 Å². The van der Waals surface area contributed by atoms with E-state index in [1.54, 1.807) is 0 Å². The van der Waals surface area contributed by atoms with Gasteiger partial charge in [-0.1, -0.05) is 54.6 Å². The summed E-state index contributed by atoms with van der Waals surface area (Å²) in [7, 11) is 0. The second-order valence-corrected chi connectivity index (χ2v) is 6.74. The fourth-order valence-corrected chi connectivity index (χ4v) is 3.05. The number of hydrogen-bond acceptors (Lipinski definition) is 3. The molecule has 4 N–H and O–H groups in total. The predicted octanol–water partition coefficient (Wildman–Crippen LogP) is 6.29. The van der Waals surface area contributed by atoms with Crippen molar-refractivity contribution in [3.05, 3.63) is 109 Å². The fourth-order valence-electron chi connectivity index (χ4n) is 3.05. The summed E-state index contributed by atoms with van der Waals surface area (Å²) >= 11 is 0. The van der Waals surface area contributed by atoms with E-state index in [4.69, 9.17) is 5.73 Å². The lowest BCUT2D eigenvalue weighted by Gasteiger charge is -2.10. The Balaban J connectivity index is 1.38. The maximum Gasteiger partial charge on any atom is 0.0400 e. The number of para-hydroxylation sites is 1. The third kappa shape index (κ3) is 4.51. The van der Waals surface area contributed by atoms with E-state index in [9.17, 15) is 0 Å². The Labute approximate surface area is 165 Å². The van der Waals surface area contributed by atoms with Crippen LogP contribution >= 0.6 is 0 Å². The van der Waals surface area contributed by atoms with Crippen LogP contribution in [0.3, 0.4) is 0 Å². The second-order valence-electron chi connectivity index (χ2n) is 6.74. The van der Waals surface area contributed by atoms with E-state index < -0.39 is 0 Å². The van der Waals surface area contributed by atoms with E-state index in [0.717, 1.165) is 29.3 Å². The molecule has 0 bridgehead atoms. The van der Waals surface area contributed by atoms with Crippen molar-refractivity contribution in [2.75, 3.05) is 16.4 Å². The minimum absolute atomic E-state index is 0.777. The quantitative estimate of drug-likeness (QED) is 0.352. The summed E-state index contributed by atoms with van der Waals surface area (Å²) in [6, 6.07) is 35.1. The van der Waals surface area contributed by atoms with Crippen LogP contribution in [-0.2, 0) is 6.54 Å². The molecular formula is C25H23N3. The van der Waals surface area contributed by atoms with E-state index in [2.05, 4.69) is 71.3 Å². The van der Waals surface area contributed by atoms with Crippen molar-refractivity contribution in [3.63, 3.8) is 0 Å². The van der Waals surface area contributed by atoms with E-state index in [-0.39, 0.29) is 0 Å². The largest absolute Gasteiger partial charge is 0.399 e. The molecule has 0 amide bonds. The molecule has 28 heavy (non-hydrogen) atoms. The van der Waals surface area contributed by atoms with Gasteiger partial charge < -0.3 is 16.4 Å². The van der Waals surface area contributed by atoms with Crippen molar-refractivity contribution in [1.29, 1.82) is 0 Å². The Kier molecular flexibility index (Phi) is 5.25. The summed E-state index contributed by atoms with van der Waals surface area (Å²) in [5.41, 5.74) is 13.4. The summed E-state index contributed by atoms with van der Waals surface area (Å²) in [6.07, 6.45) is 0. The van der Waals surface area contributed by atoms with Crippen LogP contribution in [-0.4, -0.2) is 0 Å². The number of hydrogen-bond donors (Lipinski definition) is 3. The molecule has 0 aliphatic carbocycles. The highest BCUT2D eigenvalue weighted by atomic mass is 14.9. The molecular weight excluding hydrogens is 342 g/mol. The van der Waals surface area contributed by atoms with Gasteiger partial charge in [0.05, 0.1) is 0 Å². The molecule has 0 aromatic heterocycles. The lowest BCUT2D eigenvalue weighted by atomic mass is 10.0. The highest BCUT2D eigenvalue weighted by Gasteiger charge is 2.00. The van der Waals surface area contributed by atoms with Crippen molar-refractivity contribution >= 4 is 22.7 Å². The molecule has 3 heteroatoms. The van der Waals surface area contributed by atoms with Crippen molar-refractivity contribution in [2.45, 2.75) is 6.54 Å². The minimum atomic E-state index is 0.777. The Morgan fingerprint density at radius 3 is 1.68 bits per heavy atom. The normalized spacial score (nSPS) is 10.4. The van der Waals surface area contributed by atoms with Crippen LogP contribution in [0.15, 0.2) is 103 Å². The summed E-state index contributed by atoms with van der Waals surface area (Å²) in [6.45, 7) is 0.777. The van der Waals surface area contributed by atoms with Crippen LogP contribution in [0.1, 0.15) is 5.56 Å². The number of nitrogens with two attached hydrogens (primary N) is 1. The lowest BCUT2D eigenvalue weighted by molar-refractivity contribution is 1.15. The lowest BCUT2D eigenvalue weighted by Crippen LogP contribution is -1.99. The number of nitrogen functional groups attached to an aromatic ring is 1. The highest BCUT2D eigenvalue weighted by molar-refractivity contribution is 5.69. The number of benzene rings is 4. The Morgan fingerprint density at radius 1 is 0.536 bits per heavy atom. The SMILES string of the molecule is Nc1ccc(CNc2ccc(-c3ccc(Nc4ccccc4)cc3)cc2)cc1. The molecule has 4 aromatic rings. The Hall–Kier alpha value is -3.72. The summed E-state index contributed by atoms with van der Waals surface area (Å²) < 4.78 is 0. The average molecular weight is 365 g/mol. The number of anilines is 4. The van der Waals surface area contributed by atoms with Crippen molar-refractivity contribution in [3.8, 4) is 11.1 Å². The molecule has 0 fully saturated rings. The van der Waals surface area contributed by atoms with Crippen LogP contribution in [0, 0.1) is 0 Å². The maximum atomic E-state index is 5.73. The molecule has 0 heterocycles. The molecule has 0 atom stereocenters. The van der Waals surface area contributed by atoms with Gasteiger partial charge in [0.15, 0.2) is 0 Å². The van der Waals surface area contributed by atoms with E-state index >= 15 is 0 Å². The van der Waals surface area contributed by atoms with Gasteiger partial charge in [0, 0.05) is 29.3 Å². The first kappa shape index (κ1) is 17.7. The molecule has 0 aliphatic rings. The Morgan fingerprint density at radius 2 is 1.07 bits per heavy atom. The topological polar surface area (TPSA) is 50.1 Å². The molecule has 0 unspecified atom stereocenters. The first-order valence-corrected chi connectivity index (χ1v) is 9.37. The summed E-state index contributed by atoms with van der Waals surface area (Å²) in [4.78, 5) is 0. The van der Waals surface area contributed by atoms with Crippen LogP contribution in [0.2, 0.25) is 0 Å². The van der Waals surface area contributed by atoms with Crippen molar-refractivity contribution in [2.24, 2.45) is 0 Å². The number of nitrogens with one attached hydrogen (secondary N) is 2. The predicted molar refractivity (Wildman–Crippen MR) is 120 cm³/mol. The molecule has 3 nitrogen and oxygen atoms in total. The van der Waals surface area contributed by atoms with Gasteiger partial charge in [0.2, 0.25) is 0 Å².